The number of rotatable bonds is 5. The Morgan fingerprint density at radius 1 is 1.15 bits per heavy atom. The molecule has 0 saturated heterocycles. The summed E-state index contributed by atoms with van der Waals surface area (Å²) < 4.78 is 50.7. The van der Waals surface area contributed by atoms with E-state index in [4.69, 9.17) is 9.47 Å². The molecule has 0 fully saturated rings. The molecule has 7 nitrogen and oxygen atoms in total. The first-order valence-electron chi connectivity index (χ1n) is 10.0. The summed E-state index contributed by atoms with van der Waals surface area (Å²) in [6, 6.07) is 12.5. The van der Waals surface area contributed by atoms with Gasteiger partial charge in [-0.15, -0.1) is 0 Å². The van der Waals surface area contributed by atoms with Gasteiger partial charge < -0.3 is 19.6 Å². The number of benzene rings is 2. The van der Waals surface area contributed by atoms with Crippen LogP contribution < -0.4 is 4.74 Å². The van der Waals surface area contributed by atoms with Crippen molar-refractivity contribution in [2.45, 2.75) is 25.2 Å². The number of hydrogen-bond donors (Lipinski definition) is 0. The lowest BCUT2D eigenvalue weighted by Gasteiger charge is -2.21. The Kier molecular flexibility index (Phi) is 6.33. The highest BCUT2D eigenvalue weighted by atomic mass is 19.4. The summed E-state index contributed by atoms with van der Waals surface area (Å²) in [5.41, 5.74) is 1.59. The third kappa shape index (κ3) is 5.51. The minimum absolute atomic E-state index is 0.209. The van der Waals surface area contributed by atoms with E-state index in [0.29, 0.717) is 25.1 Å². The van der Waals surface area contributed by atoms with Gasteiger partial charge in [-0.25, -0.2) is 0 Å². The van der Waals surface area contributed by atoms with Gasteiger partial charge in [-0.2, -0.15) is 13.2 Å². The standard InChI is InChI=1S/C23H18F3N3O4/c24-23(25,26)19-10-8-18(9-11-19)17-6-4-16(5-7-17)3-1-2-12-32-20-13-28-14-21(29(30)31)27-22(28)33-15-20/h4-11,14,20H,2,12-13,15H2/t20-/m0/s1. The lowest BCUT2D eigenvalue weighted by Crippen LogP contribution is -2.32. The average Bonchev–Trinajstić information content (AvgIpc) is 3.23. The summed E-state index contributed by atoms with van der Waals surface area (Å²) >= 11 is 0. The van der Waals surface area contributed by atoms with Crippen LogP contribution in [-0.2, 0) is 17.5 Å². The quantitative estimate of drug-likeness (QED) is 0.240. The molecule has 1 aromatic heterocycles. The van der Waals surface area contributed by atoms with Crippen molar-refractivity contribution in [2.24, 2.45) is 0 Å². The molecule has 1 aliphatic rings. The van der Waals surface area contributed by atoms with Gasteiger partial charge >= 0.3 is 18.0 Å². The second-order valence-corrected chi connectivity index (χ2v) is 7.30. The summed E-state index contributed by atoms with van der Waals surface area (Å²) in [6.07, 6.45) is -2.81. The Hall–Kier alpha value is -3.84. The van der Waals surface area contributed by atoms with Crippen LogP contribution >= 0.6 is 0 Å². The molecule has 2 heterocycles. The van der Waals surface area contributed by atoms with E-state index in [1.165, 1.54) is 18.3 Å². The van der Waals surface area contributed by atoms with Gasteiger partial charge in [0.2, 0.25) is 0 Å². The fourth-order valence-electron chi connectivity index (χ4n) is 3.30. The van der Waals surface area contributed by atoms with E-state index in [9.17, 15) is 23.3 Å². The monoisotopic (exact) mass is 457 g/mol. The Bertz CT molecular complexity index is 1190. The van der Waals surface area contributed by atoms with Gasteiger partial charge in [-0.3, -0.25) is 4.57 Å². The van der Waals surface area contributed by atoms with Crippen LogP contribution in [0.2, 0.25) is 0 Å². The number of alkyl halides is 3. The Morgan fingerprint density at radius 3 is 2.45 bits per heavy atom. The molecule has 33 heavy (non-hydrogen) atoms. The SMILES string of the molecule is O=[N+]([O-])c1cn2c(n1)OC[C@@H](OCCC#Cc1ccc(-c3ccc(C(F)(F)F)cc3)cc1)C2. The number of imidazole rings is 1. The smallest absolute Gasteiger partial charge is 0.416 e. The first-order chi connectivity index (χ1) is 15.8. The molecular weight excluding hydrogens is 439 g/mol. The van der Waals surface area contributed by atoms with Crippen molar-refractivity contribution in [1.82, 2.24) is 9.55 Å². The minimum atomic E-state index is -4.35. The molecule has 0 spiro atoms. The lowest BCUT2D eigenvalue weighted by molar-refractivity contribution is -0.389. The highest BCUT2D eigenvalue weighted by molar-refractivity contribution is 5.64. The molecule has 0 N–H and O–H groups in total. The molecule has 4 rings (SSSR count). The van der Waals surface area contributed by atoms with Crippen LogP contribution in [0.15, 0.2) is 54.7 Å². The Balaban J connectivity index is 1.26. The molecule has 1 atom stereocenters. The number of aromatic nitrogens is 2. The van der Waals surface area contributed by atoms with Crippen LogP contribution in [0.4, 0.5) is 19.0 Å². The lowest BCUT2D eigenvalue weighted by atomic mass is 10.0. The van der Waals surface area contributed by atoms with Crippen molar-refractivity contribution in [2.75, 3.05) is 13.2 Å². The predicted molar refractivity (Wildman–Crippen MR) is 112 cm³/mol. The maximum absolute atomic E-state index is 12.7. The first kappa shape index (κ1) is 22.4. The third-order valence-electron chi connectivity index (χ3n) is 4.96. The summed E-state index contributed by atoms with van der Waals surface area (Å²) in [5, 5.41) is 10.8. The number of fused-ring (bicyclic) bond motifs is 1. The largest absolute Gasteiger partial charge is 0.443 e. The van der Waals surface area contributed by atoms with Crippen LogP contribution in [0.5, 0.6) is 6.01 Å². The van der Waals surface area contributed by atoms with Gasteiger partial charge in [-0.05, 0) is 40.3 Å². The number of halogens is 3. The van der Waals surface area contributed by atoms with Gasteiger partial charge in [0.05, 0.1) is 18.7 Å². The van der Waals surface area contributed by atoms with Crippen molar-refractivity contribution < 1.29 is 27.6 Å². The number of ether oxygens (including phenoxy) is 2. The third-order valence-corrected chi connectivity index (χ3v) is 4.96. The number of nitrogens with zero attached hydrogens (tertiary/aromatic N) is 3. The van der Waals surface area contributed by atoms with E-state index in [0.717, 1.165) is 23.3 Å². The van der Waals surface area contributed by atoms with E-state index in [-0.39, 0.29) is 24.5 Å². The normalized spacial score (nSPS) is 15.2. The highest BCUT2D eigenvalue weighted by Crippen LogP contribution is 2.31. The molecule has 2 aromatic carbocycles. The molecule has 0 saturated carbocycles. The highest BCUT2D eigenvalue weighted by Gasteiger charge is 2.30. The predicted octanol–water partition coefficient (Wildman–Crippen LogP) is 4.70. The van der Waals surface area contributed by atoms with E-state index in [1.807, 2.05) is 24.3 Å². The van der Waals surface area contributed by atoms with Crippen LogP contribution in [-0.4, -0.2) is 33.8 Å². The van der Waals surface area contributed by atoms with Crippen LogP contribution in [0.3, 0.4) is 0 Å². The van der Waals surface area contributed by atoms with Gasteiger partial charge in [0, 0.05) is 17.0 Å². The summed E-state index contributed by atoms with van der Waals surface area (Å²) in [5.74, 6) is 5.77. The number of nitro groups is 1. The summed E-state index contributed by atoms with van der Waals surface area (Å²) in [6.45, 7) is 1.04. The van der Waals surface area contributed by atoms with Crippen molar-refractivity contribution in [1.29, 1.82) is 0 Å². The average molecular weight is 457 g/mol. The van der Waals surface area contributed by atoms with Gasteiger partial charge in [0.25, 0.3) is 0 Å². The fraction of sp³-hybridized carbons (Fsp3) is 0.261. The number of hydrogen-bond acceptors (Lipinski definition) is 5. The molecule has 0 bridgehead atoms. The van der Waals surface area contributed by atoms with Gasteiger partial charge in [0.1, 0.15) is 18.9 Å². The van der Waals surface area contributed by atoms with E-state index >= 15 is 0 Å². The van der Waals surface area contributed by atoms with E-state index in [2.05, 4.69) is 16.8 Å². The second kappa shape index (κ2) is 9.34. The molecule has 0 aliphatic carbocycles. The zero-order valence-corrected chi connectivity index (χ0v) is 17.2. The molecule has 10 heteroatoms. The van der Waals surface area contributed by atoms with Crippen LogP contribution in [0.25, 0.3) is 11.1 Å². The van der Waals surface area contributed by atoms with Gasteiger partial charge in [-0.1, -0.05) is 36.1 Å². The summed E-state index contributed by atoms with van der Waals surface area (Å²) in [4.78, 5) is 14.0. The first-order valence-corrected chi connectivity index (χ1v) is 10.0. The molecule has 170 valence electrons. The van der Waals surface area contributed by atoms with Crippen LogP contribution in [0.1, 0.15) is 17.5 Å². The second-order valence-electron chi connectivity index (χ2n) is 7.30. The molecular formula is C23H18F3N3O4. The van der Waals surface area contributed by atoms with E-state index in [1.54, 1.807) is 4.57 Å². The van der Waals surface area contributed by atoms with E-state index < -0.39 is 16.7 Å². The van der Waals surface area contributed by atoms with Crippen molar-refractivity contribution in [3.8, 4) is 29.0 Å². The van der Waals surface area contributed by atoms with Crippen molar-refractivity contribution >= 4 is 5.82 Å². The topological polar surface area (TPSA) is 79.4 Å². The maximum atomic E-state index is 12.7. The Morgan fingerprint density at radius 2 is 1.82 bits per heavy atom. The van der Waals surface area contributed by atoms with Crippen molar-refractivity contribution in [3.05, 3.63) is 76.0 Å². The summed E-state index contributed by atoms with van der Waals surface area (Å²) in [7, 11) is 0. The maximum Gasteiger partial charge on any atom is 0.416 e. The molecule has 3 aromatic rings. The molecule has 0 radical (unpaired) electrons. The zero-order valence-electron chi connectivity index (χ0n) is 17.2. The fourth-order valence-corrected chi connectivity index (χ4v) is 3.30. The minimum Gasteiger partial charge on any atom is -0.443 e. The molecule has 1 aliphatic heterocycles. The molecule has 0 unspecified atom stereocenters. The molecule has 0 amide bonds. The van der Waals surface area contributed by atoms with Gasteiger partial charge in [0.15, 0.2) is 0 Å². The van der Waals surface area contributed by atoms with Crippen molar-refractivity contribution in [3.63, 3.8) is 0 Å². The zero-order chi connectivity index (χ0) is 23.4. The van der Waals surface area contributed by atoms with Crippen LogP contribution in [0, 0.1) is 22.0 Å². The Labute approximate surface area is 186 Å².